The molecule has 1 N–H and O–H groups in total. The number of hydrogen-bond donors (Lipinski definition) is 1. The summed E-state index contributed by atoms with van der Waals surface area (Å²) in [6, 6.07) is 24.3. The van der Waals surface area contributed by atoms with Crippen molar-refractivity contribution in [3.05, 3.63) is 106 Å². The lowest BCUT2D eigenvalue weighted by molar-refractivity contribution is -0.116. The number of thioether (sulfide) groups is 1. The number of nitrogens with zero attached hydrogens (tertiary/aromatic N) is 3. The minimum atomic E-state index is -0.382. The van der Waals surface area contributed by atoms with Crippen LogP contribution < -0.4 is 15.9 Å². The highest BCUT2D eigenvalue weighted by Crippen LogP contribution is 2.32. The van der Waals surface area contributed by atoms with Crippen molar-refractivity contribution in [2.75, 3.05) is 0 Å². The molecule has 0 unspecified atom stereocenters. The zero-order valence-electron chi connectivity index (χ0n) is 17.4. The third-order valence-electron chi connectivity index (χ3n) is 5.48. The van der Waals surface area contributed by atoms with Crippen molar-refractivity contribution in [1.29, 1.82) is 0 Å². The van der Waals surface area contributed by atoms with Crippen molar-refractivity contribution in [3.8, 4) is 0 Å². The lowest BCUT2D eigenvalue weighted by Crippen LogP contribution is -2.50. The first-order valence-electron chi connectivity index (χ1n) is 10.2. The Morgan fingerprint density at radius 1 is 0.968 bits per heavy atom. The molecule has 2 heterocycles. The average Bonchev–Trinajstić information content (AvgIpc) is 2.78. The van der Waals surface area contributed by atoms with Crippen molar-refractivity contribution < 1.29 is 4.79 Å². The normalized spacial score (nSPS) is 17.3. The summed E-state index contributed by atoms with van der Waals surface area (Å²) in [5.74, 6) is 0.577. The molecule has 2 aliphatic rings. The predicted octanol–water partition coefficient (Wildman–Crippen LogP) is 3.38. The lowest BCUT2D eigenvalue weighted by Gasteiger charge is -2.34. The van der Waals surface area contributed by atoms with Crippen LogP contribution in [0.25, 0.3) is 5.70 Å². The molecule has 2 aliphatic heterocycles. The molecular formula is C25H22N4OS. The van der Waals surface area contributed by atoms with Gasteiger partial charge in [-0.05, 0) is 31.0 Å². The number of carbonyl (C=O) groups is 1. The van der Waals surface area contributed by atoms with Gasteiger partial charge in [0.1, 0.15) is 5.70 Å². The van der Waals surface area contributed by atoms with E-state index in [9.17, 15) is 4.79 Å². The topological polar surface area (TPSA) is 57.1 Å². The molecule has 5 rings (SSSR count). The molecule has 1 atom stereocenters. The molecule has 31 heavy (non-hydrogen) atoms. The maximum Gasteiger partial charge on any atom is 0.276 e. The van der Waals surface area contributed by atoms with Gasteiger partial charge >= 0.3 is 0 Å². The molecule has 0 aliphatic carbocycles. The number of nitrogens with one attached hydrogen (secondary N) is 1. The summed E-state index contributed by atoms with van der Waals surface area (Å²) in [5.41, 5.74) is 5.11. The second kappa shape index (κ2) is 8.04. The number of amides is 1. The molecule has 1 amide bonds. The lowest BCUT2D eigenvalue weighted by atomic mass is 10.0. The Labute approximate surface area is 185 Å². The van der Waals surface area contributed by atoms with Gasteiger partial charge in [0.25, 0.3) is 5.91 Å². The van der Waals surface area contributed by atoms with Gasteiger partial charge in [0.15, 0.2) is 11.3 Å². The third kappa shape index (κ3) is 3.75. The van der Waals surface area contributed by atoms with E-state index in [1.807, 2.05) is 36.4 Å². The Hall–Kier alpha value is -3.38. The standard InChI is InChI=1S/C25H22N4OS/c1-16-11-13-18(14-12-16)15-31-25-27-24(30)22-20-9-5-6-10-21(20)26-23(29(22)28-25)19-8-4-3-7-17(19)2/h3-14,23H,15H2,1-2H3,(H,27,28,30)/t23-/m0/s1. The third-order valence-corrected chi connectivity index (χ3v) is 6.41. The molecule has 154 valence electrons. The minimum Gasteiger partial charge on any atom is -0.298 e. The van der Waals surface area contributed by atoms with Crippen LogP contribution in [0.1, 0.15) is 28.4 Å². The average molecular weight is 427 g/mol. The number of fused-ring (bicyclic) bond motifs is 2. The van der Waals surface area contributed by atoms with E-state index in [1.165, 1.54) is 22.9 Å². The van der Waals surface area contributed by atoms with E-state index in [1.54, 1.807) is 5.01 Å². The number of rotatable bonds is 3. The fraction of sp³-hybridized carbons (Fsp3) is 0.160. The minimum absolute atomic E-state index is 0.151. The first kappa shape index (κ1) is 19.6. The molecule has 6 heteroatoms. The Morgan fingerprint density at radius 3 is 2.52 bits per heavy atom. The smallest absolute Gasteiger partial charge is 0.276 e. The zero-order valence-corrected chi connectivity index (χ0v) is 18.2. The molecule has 0 bridgehead atoms. The van der Waals surface area contributed by atoms with Gasteiger partial charge in [0, 0.05) is 16.5 Å². The maximum atomic E-state index is 13.2. The molecular weight excluding hydrogens is 404 g/mol. The second-order valence-electron chi connectivity index (χ2n) is 7.70. The van der Waals surface area contributed by atoms with E-state index >= 15 is 0 Å². The summed E-state index contributed by atoms with van der Waals surface area (Å²) in [4.78, 5) is 18.2. The number of aryl methyl sites for hydroxylation is 2. The van der Waals surface area contributed by atoms with Crippen LogP contribution in [0.5, 0.6) is 0 Å². The summed E-state index contributed by atoms with van der Waals surface area (Å²) in [6.45, 7) is 4.13. The molecule has 0 saturated heterocycles. The van der Waals surface area contributed by atoms with Gasteiger partial charge in [-0.3, -0.25) is 15.1 Å². The Kier molecular flexibility index (Phi) is 5.08. The largest absolute Gasteiger partial charge is 0.298 e. The van der Waals surface area contributed by atoms with Crippen LogP contribution in [0, 0.1) is 13.8 Å². The van der Waals surface area contributed by atoms with Gasteiger partial charge in [0.05, 0.1) is 5.36 Å². The number of hydrogen-bond acceptors (Lipinski definition) is 5. The fourth-order valence-electron chi connectivity index (χ4n) is 3.81. The van der Waals surface area contributed by atoms with Crippen LogP contribution in [0.15, 0.2) is 82.9 Å². The van der Waals surface area contributed by atoms with Crippen LogP contribution in [-0.4, -0.2) is 16.1 Å². The summed E-state index contributed by atoms with van der Waals surface area (Å²) >= 11 is 1.52. The van der Waals surface area contributed by atoms with Crippen molar-refractivity contribution in [2.24, 2.45) is 10.1 Å². The second-order valence-corrected chi connectivity index (χ2v) is 8.67. The number of para-hydroxylation sites is 1. The zero-order chi connectivity index (χ0) is 21.4. The number of carbonyl (C=O) groups excluding carboxylic acids is 1. The SMILES string of the molecule is Cc1ccc(CSC2=NN3C(=c4ccccc4=N[C@@H]3c3ccccc3C)C(=O)N2)cc1. The first-order valence-corrected chi connectivity index (χ1v) is 11.2. The van der Waals surface area contributed by atoms with Crippen LogP contribution in [0.3, 0.4) is 0 Å². The summed E-state index contributed by atoms with van der Waals surface area (Å²) in [6.07, 6.45) is -0.382. The molecule has 5 nitrogen and oxygen atoms in total. The van der Waals surface area contributed by atoms with Gasteiger partial charge in [-0.25, -0.2) is 5.01 Å². The number of amidine groups is 1. The molecule has 0 spiro atoms. The van der Waals surface area contributed by atoms with Gasteiger partial charge in [-0.1, -0.05) is 84.1 Å². The van der Waals surface area contributed by atoms with Crippen LogP contribution in [0.4, 0.5) is 0 Å². The van der Waals surface area contributed by atoms with Gasteiger partial charge in [-0.15, -0.1) is 5.10 Å². The highest BCUT2D eigenvalue weighted by molar-refractivity contribution is 8.13. The van der Waals surface area contributed by atoms with Crippen molar-refractivity contribution in [1.82, 2.24) is 10.3 Å². The van der Waals surface area contributed by atoms with E-state index in [-0.39, 0.29) is 12.1 Å². The molecule has 0 fully saturated rings. The first-order chi connectivity index (χ1) is 15.1. The van der Waals surface area contributed by atoms with Gasteiger partial charge < -0.3 is 0 Å². The van der Waals surface area contributed by atoms with Crippen molar-refractivity contribution in [3.63, 3.8) is 0 Å². The van der Waals surface area contributed by atoms with Crippen LogP contribution in [0.2, 0.25) is 0 Å². The van der Waals surface area contributed by atoms with E-state index in [0.29, 0.717) is 10.9 Å². The Bertz CT molecular complexity index is 1310. The molecule has 3 aromatic rings. The Balaban J connectivity index is 1.56. The van der Waals surface area contributed by atoms with Gasteiger partial charge in [0.2, 0.25) is 0 Å². The Morgan fingerprint density at radius 2 is 1.71 bits per heavy atom. The molecule has 3 aromatic carbocycles. The highest BCUT2D eigenvalue weighted by atomic mass is 32.2. The van der Waals surface area contributed by atoms with Gasteiger partial charge in [-0.2, -0.15) is 0 Å². The summed E-state index contributed by atoms with van der Waals surface area (Å²) in [7, 11) is 0. The molecule has 0 radical (unpaired) electrons. The highest BCUT2D eigenvalue weighted by Gasteiger charge is 2.34. The maximum absolute atomic E-state index is 13.2. The van der Waals surface area contributed by atoms with Crippen LogP contribution >= 0.6 is 11.8 Å². The monoisotopic (exact) mass is 426 g/mol. The van der Waals surface area contributed by atoms with E-state index in [2.05, 4.69) is 55.6 Å². The fourth-order valence-corrected chi connectivity index (χ4v) is 4.61. The quantitative estimate of drug-likeness (QED) is 0.699. The van der Waals surface area contributed by atoms with Crippen molar-refractivity contribution in [2.45, 2.75) is 25.8 Å². The van der Waals surface area contributed by atoms with E-state index in [4.69, 9.17) is 10.1 Å². The molecule has 0 aromatic heterocycles. The van der Waals surface area contributed by atoms with E-state index in [0.717, 1.165) is 27.5 Å². The van der Waals surface area contributed by atoms with Crippen LogP contribution in [-0.2, 0) is 10.5 Å². The summed E-state index contributed by atoms with van der Waals surface area (Å²) < 4.78 is 0. The van der Waals surface area contributed by atoms with E-state index < -0.39 is 0 Å². The summed E-state index contributed by atoms with van der Waals surface area (Å²) in [5, 5.41) is 11.8. The molecule has 0 saturated carbocycles. The van der Waals surface area contributed by atoms with Crippen molar-refractivity contribution >= 4 is 28.5 Å². The predicted molar refractivity (Wildman–Crippen MR) is 124 cm³/mol. The number of hydrazone groups is 1. The number of benzene rings is 3.